The van der Waals surface area contributed by atoms with Gasteiger partial charge in [0.15, 0.2) is 0 Å². The lowest BCUT2D eigenvalue weighted by atomic mass is 9.85. The molecule has 0 radical (unpaired) electrons. The molecule has 3 aromatic carbocycles. The number of aryl methyl sites for hydroxylation is 1. The quantitative estimate of drug-likeness (QED) is 0.365. The highest BCUT2D eigenvalue weighted by Crippen LogP contribution is 2.32. The molecule has 38 heavy (non-hydrogen) atoms. The van der Waals surface area contributed by atoms with Crippen molar-refractivity contribution in [2.75, 3.05) is 6.54 Å². The number of carboxylic acid groups (broad SMARTS) is 1. The van der Waals surface area contributed by atoms with Crippen LogP contribution < -0.4 is 0 Å². The number of benzene rings is 3. The summed E-state index contributed by atoms with van der Waals surface area (Å²) in [6.07, 6.45) is 0.517. The highest BCUT2D eigenvalue weighted by molar-refractivity contribution is 6.30. The monoisotopic (exact) mass is 539 g/mol. The number of aliphatic hydroxyl groups is 1. The fourth-order valence-corrected chi connectivity index (χ4v) is 4.85. The molecule has 1 amide bonds. The van der Waals surface area contributed by atoms with Crippen LogP contribution in [-0.2, 0) is 17.6 Å². The Bertz CT molecular complexity index is 1340. The fourth-order valence-electron chi connectivity index (χ4n) is 4.72. The van der Waals surface area contributed by atoms with Gasteiger partial charge in [-0.25, -0.2) is 14.0 Å². The summed E-state index contributed by atoms with van der Waals surface area (Å²) in [5.41, 5.74) is 3.05. The molecule has 200 valence electrons. The molecule has 6 nitrogen and oxygen atoms in total. The van der Waals surface area contributed by atoms with E-state index in [1.807, 2.05) is 18.2 Å². The number of rotatable bonds is 6. The van der Waals surface area contributed by atoms with Crippen LogP contribution in [0.3, 0.4) is 0 Å². The van der Waals surface area contributed by atoms with Crippen molar-refractivity contribution in [1.82, 2.24) is 4.90 Å². The topological polar surface area (TPSA) is 87.1 Å². The van der Waals surface area contributed by atoms with Gasteiger partial charge < -0.3 is 19.8 Å². The maximum atomic E-state index is 13.9. The molecule has 8 heteroatoms. The van der Waals surface area contributed by atoms with Crippen molar-refractivity contribution in [1.29, 1.82) is 0 Å². The van der Waals surface area contributed by atoms with Gasteiger partial charge in [0.1, 0.15) is 11.4 Å². The van der Waals surface area contributed by atoms with Gasteiger partial charge in [-0.05, 0) is 92.1 Å². The van der Waals surface area contributed by atoms with Crippen molar-refractivity contribution in [2.45, 2.75) is 57.8 Å². The van der Waals surface area contributed by atoms with E-state index in [2.05, 4.69) is 0 Å². The summed E-state index contributed by atoms with van der Waals surface area (Å²) < 4.78 is 19.6. The molecule has 0 aromatic heterocycles. The first kappa shape index (κ1) is 27.6. The third-order valence-electron chi connectivity index (χ3n) is 6.63. The average molecular weight is 540 g/mol. The number of hydrogen-bond donors (Lipinski definition) is 2. The summed E-state index contributed by atoms with van der Waals surface area (Å²) >= 11 is 5.99. The summed E-state index contributed by atoms with van der Waals surface area (Å²) in [5.74, 6) is -2.11. The average Bonchev–Trinajstić information content (AvgIpc) is 2.86. The number of amides is 1. The van der Waals surface area contributed by atoms with Crippen molar-refractivity contribution >= 4 is 23.7 Å². The molecule has 4 rings (SSSR count). The van der Waals surface area contributed by atoms with Crippen molar-refractivity contribution < 1.29 is 28.9 Å². The molecule has 0 heterocycles. The van der Waals surface area contributed by atoms with Gasteiger partial charge in [-0.3, -0.25) is 0 Å². The van der Waals surface area contributed by atoms with Crippen LogP contribution >= 0.6 is 11.6 Å². The Morgan fingerprint density at radius 3 is 2.37 bits per heavy atom. The largest absolute Gasteiger partial charge is 0.478 e. The Balaban J connectivity index is 1.62. The third kappa shape index (κ3) is 6.52. The highest BCUT2D eigenvalue weighted by atomic mass is 35.5. The maximum Gasteiger partial charge on any atom is 0.410 e. The highest BCUT2D eigenvalue weighted by Gasteiger charge is 2.33. The molecule has 0 saturated carbocycles. The van der Waals surface area contributed by atoms with Crippen LogP contribution in [0.2, 0.25) is 5.02 Å². The standard InChI is InChI=1S/C30H31ClFNO5/c1-30(2,3)38-29(37)33(17-27(34)19-6-10-23(31)11-7-19)24-12-8-18-4-5-20(14-22(18)15-24)21-9-13-26(32)25(16-21)28(35)36/h4-7,9-11,13-14,16,24,27,34H,8,12,15,17H2,1-3H3,(H,35,36). The molecular weight excluding hydrogens is 509 g/mol. The van der Waals surface area contributed by atoms with Gasteiger partial charge in [-0.15, -0.1) is 0 Å². The minimum absolute atomic E-state index is 0.0518. The van der Waals surface area contributed by atoms with Crippen molar-refractivity contribution in [3.05, 3.63) is 93.8 Å². The number of halogens is 2. The van der Waals surface area contributed by atoms with E-state index in [1.54, 1.807) is 56.0 Å². The molecule has 2 atom stereocenters. The Morgan fingerprint density at radius 1 is 1.05 bits per heavy atom. The molecule has 2 unspecified atom stereocenters. The Hall–Kier alpha value is -3.42. The summed E-state index contributed by atoms with van der Waals surface area (Å²) in [4.78, 5) is 26.3. The second-order valence-electron chi connectivity index (χ2n) is 10.6. The molecule has 0 bridgehead atoms. The van der Waals surface area contributed by atoms with Gasteiger partial charge in [0.05, 0.1) is 18.2 Å². The van der Waals surface area contributed by atoms with E-state index in [9.17, 15) is 24.2 Å². The van der Waals surface area contributed by atoms with Gasteiger partial charge in [0.2, 0.25) is 0 Å². The van der Waals surface area contributed by atoms with Crippen molar-refractivity contribution in [3.63, 3.8) is 0 Å². The predicted octanol–water partition coefficient (Wildman–Crippen LogP) is 6.67. The van der Waals surface area contributed by atoms with E-state index >= 15 is 0 Å². The molecule has 1 aliphatic rings. The molecular formula is C30H31ClFNO5. The molecule has 0 spiro atoms. The van der Waals surface area contributed by atoms with Crippen LogP contribution in [0.4, 0.5) is 9.18 Å². The first-order chi connectivity index (χ1) is 17.9. The molecule has 0 aliphatic heterocycles. The van der Waals surface area contributed by atoms with Crippen LogP contribution in [0.1, 0.15) is 60.3 Å². The number of aliphatic hydroxyl groups excluding tert-OH is 1. The van der Waals surface area contributed by atoms with E-state index in [0.717, 1.165) is 29.2 Å². The maximum absolute atomic E-state index is 13.9. The number of aromatic carboxylic acids is 1. The van der Waals surface area contributed by atoms with Crippen molar-refractivity contribution in [2.24, 2.45) is 0 Å². The second-order valence-corrected chi connectivity index (χ2v) is 11.0. The SMILES string of the molecule is CC(C)(C)OC(=O)N(CC(O)c1ccc(Cl)cc1)C1CCc2ccc(-c3ccc(F)c(C(=O)O)c3)cc2C1. The van der Waals surface area contributed by atoms with E-state index in [1.165, 1.54) is 6.07 Å². The zero-order valence-electron chi connectivity index (χ0n) is 21.6. The smallest absolute Gasteiger partial charge is 0.410 e. The summed E-state index contributed by atoms with van der Waals surface area (Å²) in [7, 11) is 0. The predicted molar refractivity (Wildman–Crippen MR) is 144 cm³/mol. The van der Waals surface area contributed by atoms with Gasteiger partial charge in [-0.2, -0.15) is 0 Å². The fraction of sp³-hybridized carbons (Fsp3) is 0.333. The Labute approximate surface area is 226 Å². The number of fused-ring (bicyclic) bond motifs is 1. The van der Waals surface area contributed by atoms with E-state index in [0.29, 0.717) is 29.0 Å². The van der Waals surface area contributed by atoms with Crippen LogP contribution in [-0.4, -0.2) is 45.4 Å². The third-order valence-corrected chi connectivity index (χ3v) is 6.88. The number of nitrogens with zero attached hydrogens (tertiary/aromatic N) is 1. The van der Waals surface area contributed by atoms with Crippen LogP contribution in [0.25, 0.3) is 11.1 Å². The van der Waals surface area contributed by atoms with Gasteiger partial charge in [0, 0.05) is 11.1 Å². The van der Waals surface area contributed by atoms with Gasteiger partial charge in [0.25, 0.3) is 0 Å². The van der Waals surface area contributed by atoms with E-state index < -0.39 is 29.6 Å². The minimum atomic E-state index is -1.32. The number of hydrogen-bond acceptors (Lipinski definition) is 4. The van der Waals surface area contributed by atoms with Crippen LogP contribution in [0.15, 0.2) is 60.7 Å². The zero-order valence-corrected chi connectivity index (χ0v) is 22.3. The van der Waals surface area contributed by atoms with Crippen molar-refractivity contribution in [3.8, 4) is 11.1 Å². The second kappa shape index (κ2) is 11.1. The van der Waals surface area contributed by atoms with Gasteiger partial charge in [-0.1, -0.05) is 48.0 Å². The number of ether oxygens (including phenoxy) is 1. The zero-order chi connectivity index (χ0) is 27.6. The lowest BCUT2D eigenvalue weighted by Gasteiger charge is -2.37. The minimum Gasteiger partial charge on any atom is -0.478 e. The Kier molecular flexibility index (Phi) is 8.09. The molecule has 3 aromatic rings. The van der Waals surface area contributed by atoms with Crippen LogP contribution in [0.5, 0.6) is 0 Å². The molecule has 0 fully saturated rings. The van der Waals surface area contributed by atoms with E-state index in [-0.39, 0.29) is 18.2 Å². The normalized spacial score (nSPS) is 15.9. The lowest BCUT2D eigenvalue weighted by molar-refractivity contribution is 0.00194. The van der Waals surface area contributed by atoms with E-state index in [4.69, 9.17) is 16.3 Å². The summed E-state index contributed by atoms with van der Waals surface area (Å²) in [6.45, 7) is 5.45. The summed E-state index contributed by atoms with van der Waals surface area (Å²) in [5, 5.41) is 20.8. The van der Waals surface area contributed by atoms with Gasteiger partial charge >= 0.3 is 12.1 Å². The molecule has 2 N–H and O–H groups in total. The lowest BCUT2D eigenvalue weighted by Crippen LogP contribution is -2.47. The Morgan fingerprint density at radius 2 is 1.71 bits per heavy atom. The number of carbonyl (C=O) groups excluding carboxylic acids is 1. The summed E-state index contributed by atoms with van der Waals surface area (Å²) in [6, 6.07) is 16.5. The molecule has 0 saturated heterocycles. The van der Waals surface area contributed by atoms with Crippen LogP contribution in [0, 0.1) is 5.82 Å². The number of carboxylic acids is 1. The first-order valence-electron chi connectivity index (χ1n) is 12.5. The number of carbonyl (C=O) groups is 2. The first-order valence-corrected chi connectivity index (χ1v) is 12.9. The molecule has 1 aliphatic carbocycles.